The average molecular weight is 326 g/mol. The normalized spacial score (nSPS) is 11.2. The van der Waals surface area contributed by atoms with Crippen molar-refractivity contribution < 1.29 is 4.39 Å². The summed E-state index contributed by atoms with van der Waals surface area (Å²) in [5.41, 5.74) is 1.88. The molecule has 0 aliphatic rings. The molecule has 0 saturated heterocycles. The first-order valence-electron chi connectivity index (χ1n) is 7.05. The molecule has 0 unspecified atom stereocenters. The summed E-state index contributed by atoms with van der Waals surface area (Å²) in [6.07, 6.45) is 4.09. The van der Waals surface area contributed by atoms with Gasteiger partial charge in [-0.1, -0.05) is 54.2 Å². The van der Waals surface area contributed by atoms with Crippen molar-refractivity contribution in [3.05, 3.63) is 72.1 Å². The van der Waals surface area contributed by atoms with Gasteiger partial charge >= 0.3 is 0 Å². The molecule has 23 heavy (non-hydrogen) atoms. The van der Waals surface area contributed by atoms with E-state index in [4.69, 9.17) is 5.84 Å². The molecule has 1 heterocycles. The molecule has 0 aliphatic heterocycles. The molecular formula is C17H15FN4S. The van der Waals surface area contributed by atoms with E-state index in [9.17, 15) is 4.39 Å². The van der Waals surface area contributed by atoms with Crippen LogP contribution < -0.4 is 5.84 Å². The Bertz CT molecular complexity index is 797. The van der Waals surface area contributed by atoms with Crippen LogP contribution in [-0.4, -0.2) is 20.6 Å². The Labute approximate surface area is 137 Å². The van der Waals surface area contributed by atoms with E-state index >= 15 is 0 Å². The Morgan fingerprint density at radius 3 is 2.52 bits per heavy atom. The van der Waals surface area contributed by atoms with Crippen LogP contribution >= 0.6 is 11.8 Å². The summed E-state index contributed by atoms with van der Waals surface area (Å²) in [6.45, 7) is 0. The monoisotopic (exact) mass is 326 g/mol. The molecule has 0 radical (unpaired) electrons. The highest BCUT2D eigenvalue weighted by molar-refractivity contribution is 7.99. The first kappa shape index (κ1) is 15.3. The maximum absolute atomic E-state index is 13.0. The Kier molecular flexibility index (Phi) is 4.73. The topological polar surface area (TPSA) is 56.7 Å². The van der Waals surface area contributed by atoms with Gasteiger partial charge in [0.25, 0.3) is 0 Å². The summed E-state index contributed by atoms with van der Waals surface area (Å²) in [5, 5.41) is 8.77. The molecule has 0 aliphatic carbocycles. The van der Waals surface area contributed by atoms with Crippen molar-refractivity contribution in [2.24, 2.45) is 0 Å². The molecule has 4 nitrogen and oxygen atoms in total. The Morgan fingerprint density at radius 1 is 1.04 bits per heavy atom. The van der Waals surface area contributed by atoms with Gasteiger partial charge in [0.1, 0.15) is 5.82 Å². The number of benzene rings is 2. The van der Waals surface area contributed by atoms with Crippen LogP contribution in [0, 0.1) is 5.82 Å². The summed E-state index contributed by atoms with van der Waals surface area (Å²) in [4.78, 5) is 0. The van der Waals surface area contributed by atoms with Crippen LogP contribution in [0.15, 0.2) is 65.8 Å². The number of halogens is 1. The van der Waals surface area contributed by atoms with Gasteiger partial charge in [-0.2, -0.15) is 0 Å². The predicted octanol–water partition coefficient (Wildman–Crippen LogP) is 3.60. The molecule has 2 N–H and O–H groups in total. The lowest BCUT2D eigenvalue weighted by Gasteiger charge is -2.02. The van der Waals surface area contributed by atoms with E-state index in [1.807, 2.05) is 42.5 Å². The van der Waals surface area contributed by atoms with E-state index < -0.39 is 0 Å². The zero-order valence-corrected chi connectivity index (χ0v) is 13.1. The second-order valence-electron chi connectivity index (χ2n) is 4.81. The average Bonchev–Trinajstić information content (AvgIpc) is 2.94. The standard InChI is InChI=1S/C17H15FN4S/c18-15-10-8-14(9-11-15)16-20-21-17(22(16)19)23-12-4-7-13-5-2-1-3-6-13/h1-11H,12,19H2/b7-4+. The number of thioether (sulfide) groups is 1. The third kappa shape index (κ3) is 3.78. The quantitative estimate of drug-likeness (QED) is 0.575. The second kappa shape index (κ2) is 7.11. The van der Waals surface area contributed by atoms with E-state index in [0.29, 0.717) is 11.0 Å². The summed E-state index contributed by atoms with van der Waals surface area (Å²) in [7, 11) is 0. The molecule has 6 heteroatoms. The minimum atomic E-state index is -0.294. The van der Waals surface area contributed by atoms with Crippen molar-refractivity contribution in [2.45, 2.75) is 5.16 Å². The van der Waals surface area contributed by atoms with E-state index in [-0.39, 0.29) is 5.82 Å². The SMILES string of the molecule is Nn1c(SC/C=C/c2ccccc2)nnc1-c1ccc(F)cc1. The number of nitrogens with two attached hydrogens (primary N) is 1. The minimum Gasteiger partial charge on any atom is -0.335 e. The van der Waals surface area contributed by atoms with E-state index in [2.05, 4.69) is 10.2 Å². The Hall–Kier alpha value is -2.60. The van der Waals surface area contributed by atoms with Crippen molar-refractivity contribution in [1.29, 1.82) is 0 Å². The molecule has 0 spiro atoms. The van der Waals surface area contributed by atoms with Gasteiger partial charge in [-0.3, -0.25) is 0 Å². The van der Waals surface area contributed by atoms with Crippen LogP contribution in [0.2, 0.25) is 0 Å². The van der Waals surface area contributed by atoms with Gasteiger partial charge in [-0.15, -0.1) is 10.2 Å². The van der Waals surface area contributed by atoms with E-state index in [0.717, 1.165) is 16.9 Å². The summed E-state index contributed by atoms with van der Waals surface area (Å²) in [6, 6.07) is 16.1. The Balaban J connectivity index is 1.65. The highest BCUT2D eigenvalue weighted by Gasteiger charge is 2.11. The fraction of sp³-hybridized carbons (Fsp3) is 0.0588. The molecule has 1 aromatic heterocycles. The fourth-order valence-electron chi connectivity index (χ4n) is 2.04. The summed E-state index contributed by atoms with van der Waals surface area (Å²) < 4.78 is 14.4. The van der Waals surface area contributed by atoms with Crippen LogP contribution in [0.4, 0.5) is 4.39 Å². The lowest BCUT2D eigenvalue weighted by Crippen LogP contribution is -2.11. The third-order valence-electron chi connectivity index (χ3n) is 3.19. The van der Waals surface area contributed by atoms with Crippen LogP contribution in [0.25, 0.3) is 17.5 Å². The number of hydrogen-bond donors (Lipinski definition) is 1. The minimum absolute atomic E-state index is 0.294. The van der Waals surface area contributed by atoms with Crippen LogP contribution in [0.5, 0.6) is 0 Å². The zero-order chi connectivity index (χ0) is 16.1. The second-order valence-corrected chi connectivity index (χ2v) is 5.79. The number of nitrogens with zero attached hydrogens (tertiary/aromatic N) is 3. The number of nitrogen functional groups attached to an aromatic ring is 1. The first-order valence-corrected chi connectivity index (χ1v) is 8.03. The van der Waals surface area contributed by atoms with Crippen LogP contribution in [-0.2, 0) is 0 Å². The van der Waals surface area contributed by atoms with Crippen molar-refractivity contribution in [1.82, 2.24) is 14.9 Å². The molecular weight excluding hydrogens is 311 g/mol. The van der Waals surface area contributed by atoms with Crippen LogP contribution in [0.1, 0.15) is 5.56 Å². The van der Waals surface area contributed by atoms with Gasteiger partial charge in [-0.25, -0.2) is 9.07 Å². The Morgan fingerprint density at radius 2 is 1.78 bits per heavy atom. The molecule has 3 rings (SSSR count). The van der Waals surface area contributed by atoms with Gasteiger partial charge in [-0.05, 0) is 29.8 Å². The van der Waals surface area contributed by atoms with Gasteiger partial charge in [0.2, 0.25) is 5.16 Å². The predicted molar refractivity (Wildman–Crippen MR) is 91.8 cm³/mol. The largest absolute Gasteiger partial charge is 0.335 e. The maximum atomic E-state index is 13.0. The van der Waals surface area contributed by atoms with Crippen molar-refractivity contribution in [2.75, 3.05) is 11.6 Å². The molecule has 116 valence electrons. The molecule has 0 fully saturated rings. The molecule has 2 aromatic carbocycles. The number of hydrogen-bond acceptors (Lipinski definition) is 4. The zero-order valence-electron chi connectivity index (χ0n) is 12.3. The van der Waals surface area contributed by atoms with Gasteiger partial charge in [0.15, 0.2) is 5.82 Å². The lowest BCUT2D eigenvalue weighted by atomic mass is 10.2. The number of rotatable bonds is 5. The highest BCUT2D eigenvalue weighted by atomic mass is 32.2. The van der Waals surface area contributed by atoms with Gasteiger partial charge in [0, 0.05) is 11.3 Å². The summed E-state index contributed by atoms with van der Waals surface area (Å²) in [5.74, 6) is 6.97. The van der Waals surface area contributed by atoms with E-state index in [1.165, 1.54) is 28.6 Å². The first-order chi connectivity index (χ1) is 11.2. The van der Waals surface area contributed by atoms with Gasteiger partial charge in [0.05, 0.1) is 0 Å². The molecule has 0 amide bonds. The number of aromatic nitrogens is 3. The van der Waals surface area contributed by atoms with Crippen molar-refractivity contribution >= 4 is 17.8 Å². The molecule has 0 bridgehead atoms. The highest BCUT2D eigenvalue weighted by Crippen LogP contribution is 2.22. The van der Waals surface area contributed by atoms with Crippen molar-refractivity contribution in [3.63, 3.8) is 0 Å². The van der Waals surface area contributed by atoms with Gasteiger partial charge < -0.3 is 5.84 Å². The van der Waals surface area contributed by atoms with E-state index in [1.54, 1.807) is 12.1 Å². The summed E-state index contributed by atoms with van der Waals surface area (Å²) >= 11 is 1.49. The molecule has 0 saturated carbocycles. The fourth-order valence-corrected chi connectivity index (χ4v) is 2.71. The lowest BCUT2D eigenvalue weighted by molar-refractivity contribution is 0.628. The molecule has 3 aromatic rings. The smallest absolute Gasteiger partial charge is 0.210 e. The molecule has 0 atom stereocenters. The van der Waals surface area contributed by atoms with Crippen LogP contribution in [0.3, 0.4) is 0 Å². The maximum Gasteiger partial charge on any atom is 0.210 e. The van der Waals surface area contributed by atoms with Crippen molar-refractivity contribution in [3.8, 4) is 11.4 Å². The third-order valence-corrected chi connectivity index (χ3v) is 4.08.